The number of hydrogen-bond donors (Lipinski definition) is 0. The van der Waals surface area contributed by atoms with Crippen LogP contribution < -0.4 is 0 Å². The number of halogens is 2. The molecule has 4 heteroatoms. The Bertz CT molecular complexity index is 752. The third kappa shape index (κ3) is 4.44. The van der Waals surface area contributed by atoms with E-state index in [4.69, 9.17) is 0 Å². The van der Waals surface area contributed by atoms with E-state index in [1.807, 2.05) is 24.3 Å². The van der Waals surface area contributed by atoms with Gasteiger partial charge in [-0.15, -0.1) is 8.78 Å². The maximum absolute atomic E-state index is 12.9. The molecule has 1 heterocycles. The van der Waals surface area contributed by atoms with E-state index in [1.54, 1.807) is 0 Å². The summed E-state index contributed by atoms with van der Waals surface area (Å²) in [6.45, 7) is 2.25. The van der Waals surface area contributed by atoms with E-state index < -0.39 is 6.29 Å². The smallest absolute Gasteiger partial charge is 0.295 e. The fourth-order valence-corrected chi connectivity index (χ4v) is 4.48. The SMILES string of the molecule is CCC1CCC(c2ccc(-c3ccc(C4COC(F)(F)OC4)cc3)cc2)CC1. The van der Waals surface area contributed by atoms with Crippen molar-refractivity contribution in [2.75, 3.05) is 13.2 Å². The molecule has 2 aromatic rings. The van der Waals surface area contributed by atoms with Gasteiger partial charge in [-0.3, -0.25) is 9.47 Å². The van der Waals surface area contributed by atoms with Crippen molar-refractivity contribution in [3.05, 3.63) is 59.7 Å². The van der Waals surface area contributed by atoms with Crippen molar-refractivity contribution in [2.24, 2.45) is 5.92 Å². The monoisotopic (exact) mass is 386 g/mol. The highest BCUT2D eigenvalue weighted by Crippen LogP contribution is 2.37. The second-order valence-electron chi connectivity index (χ2n) is 8.15. The summed E-state index contributed by atoms with van der Waals surface area (Å²) in [5, 5.41) is 0. The van der Waals surface area contributed by atoms with Crippen LogP contribution in [0.4, 0.5) is 8.78 Å². The third-order valence-electron chi connectivity index (χ3n) is 6.43. The number of rotatable bonds is 4. The summed E-state index contributed by atoms with van der Waals surface area (Å²) in [5.74, 6) is 1.46. The summed E-state index contributed by atoms with van der Waals surface area (Å²) in [5.41, 5.74) is 4.73. The zero-order valence-electron chi connectivity index (χ0n) is 16.4. The van der Waals surface area contributed by atoms with Crippen molar-refractivity contribution in [1.29, 1.82) is 0 Å². The van der Waals surface area contributed by atoms with Crippen LogP contribution in [0.15, 0.2) is 48.5 Å². The Kier molecular flexibility index (Phi) is 5.79. The Morgan fingerprint density at radius 1 is 0.750 bits per heavy atom. The number of alkyl halides is 2. The van der Waals surface area contributed by atoms with Gasteiger partial charge >= 0.3 is 6.29 Å². The van der Waals surface area contributed by atoms with Crippen LogP contribution in [-0.4, -0.2) is 19.5 Å². The Labute approximate surface area is 165 Å². The zero-order chi connectivity index (χ0) is 19.6. The topological polar surface area (TPSA) is 18.5 Å². The molecule has 0 N–H and O–H groups in total. The second kappa shape index (κ2) is 8.30. The normalized spacial score (nSPS) is 25.5. The predicted octanol–water partition coefficient (Wildman–Crippen LogP) is 6.72. The van der Waals surface area contributed by atoms with Gasteiger partial charge < -0.3 is 0 Å². The van der Waals surface area contributed by atoms with Gasteiger partial charge in [-0.05, 0) is 59.8 Å². The van der Waals surface area contributed by atoms with Gasteiger partial charge in [0.25, 0.3) is 0 Å². The van der Waals surface area contributed by atoms with Crippen molar-refractivity contribution in [2.45, 2.75) is 57.2 Å². The summed E-state index contributed by atoms with van der Waals surface area (Å²) in [4.78, 5) is 0. The van der Waals surface area contributed by atoms with E-state index >= 15 is 0 Å². The Balaban J connectivity index is 1.39. The second-order valence-corrected chi connectivity index (χ2v) is 8.15. The van der Waals surface area contributed by atoms with Crippen LogP contribution in [0.1, 0.15) is 62.0 Å². The van der Waals surface area contributed by atoms with Gasteiger partial charge in [0, 0.05) is 5.92 Å². The molecule has 0 amide bonds. The Hall–Kier alpha value is -1.78. The van der Waals surface area contributed by atoms with Gasteiger partial charge in [0.2, 0.25) is 0 Å². The van der Waals surface area contributed by atoms with Crippen LogP contribution in [0.25, 0.3) is 11.1 Å². The molecular formula is C24H28F2O2. The van der Waals surface area contributed by atoms with Gasteiger partial charge in [0.05, 0.1) is 13.2 Å². The predicted molar refractivity (Wildman–Crippen MR) is 106 cm³/mol. The van der Waals surface area contributed by atoms with Crippen molar-refractivity contribution in [1.82, 2.24) is 0 Å². The minimum atomic E-state index is -3.45. The maximum Gasteiger partial charge on any atom is 0.485 e. The molecule has 0 bridgehead atoms. The first-order valence-electron chi connectivity index (χ1n) is 10.4. The largest absolute Gasteiger partial charge is 0.485 e. The number of hydrogen-bond acceptors (Lipinski definition) is 2. The molecule has 2 fully saturated rings. The molecule has 1 aliphatic heterocycles. The molecular weight excluding hydrogens is 358 g/mol. The van der Waals surface area contributed by atoms with Crippen molar-refractivity contribution >= 4 is 0 Å². The molecule has 0 aromatic heterocycles. The van der Waals surface area contributed by atoms with Crippen LogP contribution in [0.3, 0.4) is 0 Å². The molecule has 28 heavy (non-hydrogen) atoms. The highest BCUT2D eigenvalue weighted by Gasteiger charge is 2.38. The van der Waals surface area contributed by atoms with Crippen LogP contribution in [0, 0.1) is 5.92 Å². The molecule has 2 nitrogen and oxygen atoms in total. The highest BCUT2D eigenvalue weighted by atomic mass is 19.3. The average Bonchev–Trinajstić information content (AvgIpc) is 2.74. The number of ether oxygens (including phenoxy) is 2. The van der Waals surface area contributed by atoms with Gasteiger partial charge in [0.1, 0.15) is 0 Å². The van der Waals surface area contributed by atoms with Crippen molar-refractivity contribution < 1.29 is 18.3 Å². The first-order chi connectivity index (χ1) is 13.5. The minimum absolute atomic E-state index is 0.0265. The molecule has 0 spiro atoms. The molecule has 2 aromatic carbocycles. The van der Waals surface area contributed by atoms with E-state index in [-0.39, 0.29) is 19.1 Å². The highest BCUT2D eigenvalue weighted by molar-refractivity contribution is 5.64. The molecule has 4 rings (SSSR count). The van der Waals surface area contributed by atoms with Crippen molar-refractivity contribution in [3.8, 4) is 11.1 Å². The third-order valence-corrected chi connectivity index (χ3v) is 6.43. The van der Waals surface area contributed by atoms with Crippen molar-refractivity contribution in [3.63, 3.8) is 0 Å². The quantitative estimate of drug-likeness (QED) is 0.581. The van der Waals surface area contributed by atoms with Gasteiger partial charge in [0.15, 0.2) is 0 Å². The lowest BCUT2D eigenvalue weighted by atomic mass is 9.77. The zero-order valence-corrected chi connectivity index (χ0v) is 16.4. The number of benzene rings is 2. The molecule has 0 radical (unpaired) electrons. The summed E-state index contributed by atoms with van der Waals surface area (Å²) in [6, 6.07) is 17.0. The molecule has 1 saturated carbocycles. The minimum Gasteiger partial charge on any atom is -0.295 e. The van der Waals surface area contributed by atoms with Crippen LogP contribution in [0.2, 0.25) is 0 Å². The van der Waals surface area contributed by atoms with Gasteiger partial charge in [-0.1, -0.05) is 61.9 Å². The van der Waals surface area contributed by atoms with Crippen LogP contribution in [0.5, 0.6) is 0 Å². The first kappa shape index (κ1) is 19.5. The Morgan fingerprint density at radius 3 is 1.68 bits per heavy atom. The van der Waals surface area contributed by atoms with E-state index in [2.05, 4.69) is 40.7 Å². The lowest BCUT2D eigenvalue weighted by molar-refractivity contribution is -0.414. The molecule has 2 aliphatic rings. The fourth-order valence-electron chi connectivity index (χ4n) is 4.48. The van der Waals surface area contributed by atoms with Crippen LogP contribution in [-0.2, 0) is 9.47 Å². The van der Waals surface area contributed by atoms with Gasteiger partial charge in [-0.25, -0.2) is 0 Å². The molecule has 150 valence electrons. The lowest BCUT2D eigenvalue weighted by Gasteiger charge is -2.28. The van der Waals surface area contributed by atoms with E-state index in [0.717, 1.165) is 17.0 Å². The molecule has 0 atom stereocenters. The van der Waals surface area contributed by atoms with E-state index in [0.29, 0.717) is 5.92 Å². The molecule has 1 saturated heterocycles. The summed E-state index contributed by atoms with van der Waals surface area (Å²) < 4.78 is 34.8. The van der Waals surface area contributed by atoms with E-state index in [9.17, 15) is 8.78 Å². The molecule has 1 aliphatic carbocycles. The van der Waals surface area contributed by atoms with Gasteiger partial charge in [-0.2, -0.15) is 0 Å². The summed E-state index contributed by atoms with van der Waals surface area (Å²) >= 11 is 0. The average molecular weight is 386 g/mol. The summed E-state index contributed by atoms with van der Waals surface area (Å²) in [7, 11) is 0. The summed E-state index contributed by atoms with van der Waals surface area (Å²) in [6.07, 6.45) is 3.17. The maximum atomic E-state index is 12.9. The Morgan fingerprint density at radius 2 is 1.21 bits per heavy atom. The molecule has 0 unspecified atom stereocenters. The van der Waals surface area contributed by atoms with E-state index in [1.165, 1.54) is 43.2 Å². The fraction of sp³-hybridized carbons (Fsp3) is 0.500. The van der Waals surface area contributed by atoms with Crippen LogP contribution >= 0.6 is 0 Å². The standard InChI is InChI=1S/C24H28F2O2/c1-2-17-3-5-18(6-4-17)19-7-9-20(10-8-19)21-11-13-22(14-12-21)23-15-27-24(25,26)28-16-23/h7-14,17-18,23H,2-6,15-16H2,1H3. The lowest BCUT2D eigenvalue weighted by Crippen LogP contribution is -2.36. The first-order valence-corrected chi connectivity index (χ1v) is 10.4.